The maximum absolute atomic E-state index is 12.0. The first-order valence-corrected chi connectivity index (χ1v) is 9.25. The van der Waals surface area contributed by atoms with Crippen molar-refractivity contribution in [3.63, 3.8) is 0 Å². The lowest BCUT2D eigenvalue weighted by Gasteiger charge is -2.09. The van der Waals surface area contributed by atoms with Crippen molar-refractivity contribution in [2.24, 2.45) is 15.9 Å². The van der Waals surface area contributed by atoms with E-state index in [1.807, 2.05) is 12.4 Å². The van der Waals surface area contributed by atoms with E-state index < -0.39 is 16.1 Å². The number of rotatable bonds is 7. The average Bonchev–Trinajstić information content (AvgIpc) is 2.67. The van der Waals surface area contributed by atoms with Gasteiger partial charge in [-0.15, -0.1) is 9.39 Å². The standard InChI is InChI=1S/C17H20N4O6S/c1-11-4-6-13(7-5-11)28(23,24)27-21-17(18)20-19-10-14-15(22)8-12(25-2)9-16(14)26-3/h4-10,22H,1-3H3,(H3,18,20,21). The summed E-state index contributed by atoms with van der Waals surface area (Å²) in [5.74, 6) is 0.116. The van der Waals surface area contributed by atoms with Gasteiger partial charge >= 0.3 is 10.1 Å². The number of benzene rings is 2. The molecule has 0 fully saturated rings. The van der Waals surface area contributed by atoms with Gasteiger partial charge in [0.2, 0.25) is 5.96 Å². The van der Waals surface area contributed by atoms with Gasteiger partial charge in [0.1, 0.15) is 17.2 Å². The molecule has 150 valence electrons. The molecule has 0 spiro atoms. The van der Waals surface area contributed by atoms with Gasteiger partial charge in [-0.2, -0.15) is 13.5 Å². The molecule has 10 nitrogen and oxygen atoms in total. The summed E-state index contributed by atoms with van der Waals surface area (Å²) < 4.78 is 38.9. The van der Waals surface area contributed by atoms with Crippen molar-refractivity contribution in [3.8, 4) is 17.2 Å². The summed E-state index contributed by atoms with van der Waals surface area (Å²) in [6.07, 6.45) is 1.18. The van der Waals surface area contributed by atoms with Crippen LogP contribution >= 0.6 is 0 Å². The number of methoxy groups -OCH3 is 2. The minimum Gasteiger partial charge on any atom is -0.507 e. The van der Waals surface area contributed by atoms with E-state index >= 15 is 0 Å². The van der Waals surface area contributed by atoms with Crippen LogP contribution < -0.4 is 20.7 Å². The molecule has 2 aromatic rings. The molecule has 28 heavy (non-hydrogen) atoms. The smallest absolute Gasteiger partial charge is 0.317 e. The highest BCUT2D eigenvalue weighted by Crippen LogP contribution is 2.31. The number of hydrogen-bond acceptors (Lipinski definition) is 8. The molecule has 4 N–H and O–H groups in total. The molecule has 0 aromatic heterocycles. The van der Waals surface area contributed by atoms with Crippen molar-refractivity contribution in [1.82, 2.24) is 5.48 Å². The Labute approximate surface area is 162 Å². The number of nitrogens with zero attached hydrogens (tertiary/aromatic N) is 2. The van der Waals surface area contributed by atoms with E-state index in [1.165, 1.54) is 38.6 Å². The maximum Gasteiger partial charge on any atom is 0.317 e. The van der Waals surface area contributed by atoms with Crippen LogP contribution in [0.1, 0.15) is 11.1 Å². The number of nitrogens with one attached hydrogen (secondary N) is 1. The van der Waals surface area contributed by atoms with Gasteiger partial charge in [0.25, 0.3) is 0 Å². The van der Waals surface area contributed by atoms with Crippen LogP contribution in [0.25, 0.3) is 0 Å². The molecule has 11 heteroatoms. The summed E-state index contributed by atoms with van der Waals surface area (Å²) in [5.41, 5.74) is 8.65. The zero-order valence-corrected chi connectivity index (χ0v) is 16.2. The van der Waals surface area contributed by atoms with Crippen molar-refractivity contribution < 1.29 is 27.3 Å². The number of nitrogens with two attached hydrogens (primary N) is 1. The normalized spacial score (nSPS) is 12.2. The van der Waals surface area contributed by atoms with Crippen LogP contribution in [-0.4, -0.2) is 39.9 Å². The molecule has 0 aliphatic heterocycles. The molecular weight excluding hydrogens is 388 g/mol. The lowest BCUT2D eigenvalue weighted by atomic mass is 10.2. The highest BCUT2D eigenvalue weighted by atomic mass is 32.2. The fraction of sp³-hybridized carbons (Fsp3) is 0.176. The first kappa shape index (κ1) is 21.0. The van der Waals surface area contributed by atoms with Gasteiger partial charge in [-0.3, -0.25) is 0 Å². The Morgan fingerprint density at radius 1 is 1.18 bits per heavy atom. The van der Waals surface area contributed by atoms with E-state index in [9.17, 15) is 13.5 Å². The second kappa shape index (κ2) is 9.06. The lowest BCUT2D eigenvalue weighted by molar-refractivity contribution is 0.266. The number of guanidine groups is 1. The van der Waals surface area contributed by atoms with Crippen molar-refractivity contribution in [3.05, 3.63) is 47.5 Å². The van der Waals surface area contributed by atoms with E-state index in [0.717, 1.165) is 5.56 Å². The highest BCUT2D eigenvalue weighted by molar-refractivity contribution is 7.86. The first-order chi connectivity index (χ1) is 13.3. The Bertz CT molecular complexity index is 987. The molecular formula is C17H20N4O6S. The molecule has 0 radical (unpaired) electrons. The second-order valence-corrected chi connectivity index (χ2v) is 6.99. The van der Waals surface area contributed by atoms with Crippen LogP contribution in [0.5, 0.6) is 17.2 Å². The van der Waals surface area contributed by atoms with Crippen LogP contribution in [0.15, 0.2) is 51.5 Å². The van der Waals surface area contributed by atoms with E-state index in [0.29, 0.717) is 11.5 Å². The number of aryl methyl sites for hydroxylation is 1. The van der Waals surface area contributed by atoms with Gasteiger partial charge in [0, 0.05) is 12.1 Å². The largest absolute Gasteiger partial charge is 0.507 e. The van der Waals surface area contributed by atoms with Crippen molar-refractivity contribution >= 4 is 22.3 Å². The molecule has 0 aliphatic carbocycles. The van der Waals surface area contributed by atoms with Crippen LogP contribution in [0, 0.1) is 6.92 Å². The molecule has 2 aromatic carbocycles. The average molecular weight is 408 g/mol. The fourth-order valence-corrected chi connectivity index (χ4v) is 2.78. The summed E-state index contributed by atoms with van der Waals surface area (Å²) in [4.78, 5) is -0.0465. The highest BCUT2D eigenvalue weighted by Gasteiger charge is 2.15. The van der Waals surface area contributed by atoms with Crippen LogP contribution in [0.3, 0.4) is 0 Å². The van der Waals surface area contributed by atoms with Gasteiger partial charge < -0.3 is 20.3 Å². The number of hydroxylamine groups is 1. The molecule has 0 unspecified atom stereocenters. The predicted octanol–water partition coefficient (Wildman–Crippen LogP) is 1.28. The summed E-state index contributed by atoms with van der Waals surface area (Å²) >= 11 is 0. The zero-order valence-electron chi connectivity index (χ0n) is 15.4. The number of phenols is 1. The third-order valence-corrected chi connectivity index (χ3v) is 4.62. The number of aromatic hydroxyl groups is 1. The van der Waals surface area contributed by atoms with E-state index in [4.69, 9.17) is 15.2 Å². The number of hydrogen-bond donors (Lipinski definition) is 3. The van der Waals surface area contributed by atoms with Gasteiger partial charge in [-0.25, -0.2) is 5.48 Å². The van der Waals surface area contributed by atoms with Gasteiger partial charge in [0.15, 0.2) is 0 Å². The molecule has 0 aliphatic rings. The van der Waals surface area contributed by atoms with Crippen LogP contribution in [-0.2, 0) is 14.4 Å². The van der Waals surface area contributed by atoms with E-state index in [-0.39, 0.29) is 16.2 Å². The molecule has 0 bridgehead atoms. The summed E-state index contributed by atoms with van der Waals surface area (Å²) in [6.45, 7) is 1.83. The third-order valence-electron chi connectivity index (χ3n) is 3.47. The summed E-state index contributed by atoms with van der Waals surface area (Å²) in [6, 6.07) is 8.97. The monoisotopic (exact) mass is 408 g/mol. The Morgan fingerprint density at radius 3 is 2.46 bits per heavy atom. The maximum atomic E-state index is 12.0. The van der Waals surface area contributed by atoms with E-state index in [2.05, 4.69) is 14.5 Å². The molecule has 0 saturated heterocycles. The van der Waals surface area contributed by atoms with Crippen LogP contribution in [0.2, 0.25) is 0 Å². The zero-order chi connectivity index (χ0) is 20.7. The number of phenolic OH excluding ortho intramolecular Hbond substituents is 1. The Hall–Kier alpha value is -3.31. The third kappa shape index (κ3) is 5.34. The summed E-state index contributed by atoms with van der Waals surface area (Å²) in [5, 5.41) is 17.2. The van der Waals surface area contributed by atoms with Crippen molar-refractivity contribution in [1.29, 1.82) is 0 Å². The van der Waals surface area contributed by atoms with Crippen molar-refractivity contribution in [2.75, 3.05) is 14.2 Å². The Morgan fingerprint density at radius 2 is 1.86 bits per heavy atom. The van der Waals surface area contributed by atoms with Gasteiger partial charge in [-0.1, -0.05) is 17.7 Å². The second-order valence-electron chi connectivity index (χ2n) is 5.44. The predicted molar refractivity (Wildman–Crippen MR) is 103 cm³/mol. The molecule has 0 atom stereocenters. The lowest BCUT2D eigenvalue weighted by Crippen LogP contribution is -2.33. The summed E-state index contributed by atoms with van der Waals surface area (Å²) in [7, 11) is -1.21. The quantitative estimate of drug-likeness (QED) is 0.353. The van der Waals surface area contributed by atoms with Crippen LogP contribution in [0.4, 0.5) is 0 Å². The molecule has 0 amide bonds. The topological polar surface area (TPSA) is 145 Å². The molecule has 2 rings (SSSR count). The SMILES string of the molecule is COc1cc(O)c(C=NN=C(N)NOS(=O)(=O)c2ccc(C)cc2)c(OC)c1. The Balaban J connectivity index is 2.07. The minimum absolute atomic E-state index is 0.0465. The van der Waals surface area contributed by atoms with Crippen molar-refractivity contribution in [2.45, 2.75) is 11.8 Å². The minimum atomic E-state index is -4.07. The first-order valence-electron chi connectivity index (χ1n) is 7.84. The number of ether oxygens (including phenoxy) is 2. The van der Waals surface area contributed by atoms with Gasteiger partial charge in [0.05, 0.1) is 30.9 Å². The fourth-order valence-electron chi connectivity index (χ4n) is 2.02. The molecule has 0 saturated carbocycles. The van der Waals surface area contributed by atoms with Gasteiger partial charge in [-0.05, 0) is 19.1 Å². The Kier molecular flexibility index (Phi) is 6.79. The molecule has 0 heterocycles. The van der Waals surface area contributed by atoms with E-state index in [1.54, 1.807) is 18.2 Å².